The smallest absolute Gasteiger partial charge is 0.219 e. The Morgan fingerprint density at radius 1 is 0.788 bits per heavy atom. The van der Waals surface area contributed by atoms with Crippen molar-refractivity contribution in [2.45, 2.75) is 143 Å². The topological polar surface area (TPSA) is 52.7 Å². The molecule has 0 radical (unpaired) electrons. The van der Waals surface area contributed by atoms with Crippen LogP contribution in [-0.4, -0.2) is 58.4 Å². The number of nitrogens with zero attached hydrogens (tertiary/aromatic N) is 2. The van der Waals surface area contributed by atoms with Gasteiger partial charge in [0, 0.05) is 43.2 Å². The highest BCUT2D eigenvalue weighted by Crippen LogP contribution is 2.47. The lowest BCUT2D eigenvalue weighted by Crippen LogP contribution is -2.62. The second-order valence-corrected chi connectivity index (χ2v) is 14.0. The Bertz CT molecular complexity index is 636. The van der Waals surface area contributed by atoms with Crippen molar-refractivity contribution in [1.82, 2.24) is 15.1 Å². The van der Waals surface area contributed by atoms with Gasteiger partial charge in [-0.2, -0.15) is 0 Å². The standard InChI is InChI=1S/C28H53N3O2/c1-22(33)31(24-18-27(6,7)29-28(8,9)19-24)15-13-11-10-12-14-30(21-32)23-16-25(2,3)20-26(4,5)17-23/h21,23-24,29H,10-20H2,1-9H3. The molecule has 0 aromatic carbocycles. The molecule has 2 aliphatic rings. The van der Waals surface area contributed by atoms with Crippen LogP contribution in [0.15, 0.2) is 0 Å². The molecule has 1 saturated carbocycles. The first kappa shape index (κ1) is 28.1. The molecule has 1 aliphatic heterocycles. The van der Waals surface area contributed by atoms with Gasteiger partial charge in [0.05, 0.1) is 0 Å². The van der Waals surface area contributed by atoms with E-state index in [-0.39, 0.29) is 17.0 Å². The molecule has 0 aromatic heterocycles. The summed E-state index contributed by atoms with van der Waals surface area (Å²) in [6.07, 6.45) is 10.8. The molecule has 33 heavy (non-hydrogen) atoms. The molecule has 0 atom stereocenters. The van der Waals surface area contributed by atoms with Gasteiger partial charge in [-0.15, -0.1) is 0 Å². The third kappa shape index (κ3) is 8.88. The normalized spacial score (nSPS) is 24.3. The van der Waals surface area contributed by atoms with E-state index in [4.69, 9.17) is 0 Å². The summed E-state index contributed by atoms with van der Waals surface area (Å²) in [6, 6.07) is 0.665. The second kappa shape index (κ2) is 10.7. The van der Waals surface area contributed by atoms with Gasteiger partial charge < -0.3 is 15.1 Å². The Morgan fingerprint density at radius 2 is 1.27 bits per heavy atom. The Hall–Kier alpha value is -1.10. The van der Waals surface area contributed by atoms with Crippen LogP contribution in [0, 0.1) is 10.8 Å². The molecule has 5 heteroatoms. The zero-order valence-electron chi connectivity index (χ0n) is 23.2. The molecule has 2 amide bonds. The van der Waals surface area contributed by atoms with Crippen molar-refractivity contribution in [3.63, 3.8) is 0 Å². The third-order valence-corrected chi connectivity index (χ3v) is 7.72. The van der Waals surface area contributed by atoms with Crippen molar-refractivity contribution >= 4 is 12.3 Å². The molecule has 1 N–H and O–H groups in total. The monoisotopic (exact) mass is 463 g/mol. The molecule has 5 nitrogen and oxygen atoms in total. The minimum absolute atomic E-state index is 0.0423. The fourth-order valence-corrected chi connectivity index (χ4v) is 7.36. The fraction of sp³-hybridized carbons (Fsp3) is 0.929. The van der Waals surface area contributed by atoms with E-state index in [9.17, 15) is 9.59 Å². The lowest BCUT2D eigenvalue weighted by atomic mass is 9.63. The van der Waals surface area contributed by atoms with Crippen LogP contribution in [0.1, 0.15) is 120 Å². The van der Waals surface area contributed by atoms with Gasteiger partial charge in [0.25, 0.3) is 0 Å². The molecular weight excluding hydrogens is 410 g/mol. The molecule has 192 valence electrons. The lowest BCUT2D eigenvalue weighted by molar-refractivity contribution is -0.133. The van der Waals surface area contributed by atoms with Gasteiger partial charge in [-0.25, -0.2) is 0 Å². The number of amides is 2. The molecule has 0 aromatic rings. The molecule has 0 unspecified atom stereocenters. The van der Waals surface area contributed by atoms with Crippen molar-refractivity contribution in [1.29, 1.82) is 0 Å². The first-order chi connectivity index (χ1) is 15.0. The van der Waals surface area contributed by atoms with Crippen LogP contribution in [0.3, 0.4) is 0 Å². The summed E-state index contributed by atoms with van der Waals surface area (Å²) >= 11 is 0. The lowest BCUT2D eigenvalue weighted by Gasteiger charge is -2.49. The zero-order valence-corrected chi connectivity index (χ0v) is 23.2. The average molecular weight is 464 g/mol. The van der Waals surface area contributed by atoms with Gasteiger partial charge >= 0.3 is 0 Å². The summed E-state index contributed by atoms with van der Waals surface area (Å²) in [5, 5.41) is 3.72. The SMILES string of the molecule is CC(=O)N(CCCCCCN(C=O)C1CC(C)(C)CC(C)(C)C1)C1CC(C)(C)NC(C)(C)C1. The summed E-state index contributed by atoms with van der Waals surface area (Å²) in [5.74, 6) is 0.197. The molecule has 2 rings (SSSR count). The van der Waals surface area contributed by atoms with Crippen molar-refractivity contribution < 1.29 is 9.59 Å². The van der Waals surface area contributed by atoms with Gasteiger partial charge in [0.2, 0.25) is 12.3 Å². The van der Waals surface area contributed by atoms with E-state index in [1.165, 1.54) is 6.42 Å². The number of rotatable bonds is 10. The largest absolute Gasteiger partial charge is 0.342 e. The number of unbranched alkanes of at least 4 members (excludes halogenated alkanes) is 3. The Labute approximate surface area is 204 Å². The molecular formula is C28H53N3O2. The molecule has 0 spiro atoms. The average Bonchev–Trinajstić information content (AvgIpc) is 2.58. The van der Waals surface area contributed by atoms with E-state index in [0.29, 0.717) is 22.9 Å². The van der Waals surface area contributed by atoms with Crippen molar-refractivity contribution in [2.75, 3.05) is 13.1 Å². The molecule has 1 saturated heterocycles. The van der Waals surface area contributed by atoms with Crippen LogP contribution in [0.25, 0.3) is 0 Å². The third-order valence-electron chi connectivity index (χ3n) is 7.72. The summed E-state index contributed by atoms with van der Waals surface area (Å²) < 4.78 is 0. The van der Waals surface area contributed by atoms with Crippen LogP contribution in [0.2, 0.25) is 0 Å². The molecule has 2 fully saturated rings. The minimum Gasteiger partial charge on any atom is -0.342 e. The van der Waals surface area contributed by atoms with E-state index in [2.05, 4.69) is 70.5 Å². The molecule has 1 aliphatic carbocycles. The van der Waals surface area contributed by atoms with Crippen molar-refractivity contribution in [2.24, 2.45) is 10.8 Å². The van der Waals surface area contributed by atoms with Gasteiger partial charge in [0.1, 0.15) is 0 Å². The number of hydrogen-bond acceptors (Lipinski definition) is 3. The van der Waals surface area contributed by atoms with Crippen LogP contribution < -0.4 is 5.32 Å². The number of carbonyl (C=O) groups excluding carboxylic acids is 2. The van der Waals surface area contributed by atoms with E-state index >= 15 is 0 Å². The van der Waals surface area contributed by atoms with Crippen molar-refractivity contribution in [3.8, 4) is 0 Å². The highest BCUT2D eigenvalue weighted by Gasteiger charge is 2.41. The predicted octanol–water partition coefficient (Wildman–Crippen LogP) is 5.77. The Kier molecular flexibility index (Phi) is 9.09. The maximum absolute atomic E-state index is 12.5. The van der Waals surface area contributed by atoms with Gasteiger partial charge in [-0.05, 0) is 83.5 Å². The zero-order chi connectivity index (χ0) is 25.1. The molecule has 0 bridgehead atoms. The number of nitrogens with one attached hydrogen (secondary N) is 1. The van der Waals surface area contributed by atoms with Crippen LogP contribution >= 0.6 is 0 Å². The molecule has 1 heterocycles. The maximum atomic E-state index is 12.5. The minimum atomic E-state index is 0.0423. The van der Waals surface area contributed by atoms with Crippen molar-refractivity contribution in [3.05, 3.63) is 0 Å². The summed E-state index contributed by atoms with van der Waals surface area (Å²) in [7, 11) is 0. The number of piperidine rings is 1. The summed E-state index contributed by atoms with van der Waals surface area (Å²) in [5.41, 5.74) is 0.671. The fourth-order valence-electron chi connectivity index (χ4n) is 7.36. The quantitative estimate of drug-likeness (QED) is 0.331. The van der Waals surface area contributed by atoms with E-state index in [1.807, 2.05) is 0 Å². The van der Waals surface area contributed by atoms with Gasteiger partial charge in [0.15, 0.2) is 0 Å². The summed E-state index contributed by atoms with van der Waals surface area (Å²) in [6.45, 7) is 21.8. The van der Waals surface area contributed by atoms with Gasteiger partial charge in [-0.3, -0.25) is 9.59 Å². The predicted molar refractivity (Wildman–Crippen MR) is 138 cm³/mol. The first-order valence-electron chi connectivity index (χ1n) is 13.3. The Balaban J connectivity index is 1.79. The van der Waals surface area contributed by atoms with Crippen LogP contribution in [-0.2, 0) is 9.59 Å². The number of hydrogen-bond donors (Lipinski definition) is 1. The van der Waals surface area contributed by atoms with Gasteiger partial charge in [-0.1, -0.05) is 40.5 Å². The Morgan fingerprint density at radius 3 is 1.73 bits per heavy atom. The highest BCUT2D eigenvalue weighted by molar-refractivity contribution is 5.73. The van der Waals surface area contributed by atoms with Crippen LogP contribution in [0.4, 0.5) is 0 Å². The van der Waals surface area contributed by atoms with E-state index in [1.54, 1.807) is 6.92 Å². The second-order valence-electron chi connectivity index (χ2n) is 14.0. The highest BCUT2D eigenvalue weighted by atomic mass is 16.2. The van der Waals surface area contributed by atoms with E-state index in [0.717, 1.165) is 70.9 Å². The number of carbonyl (C=O) groups is 2. The van der Waals surface area contributed by atoms with E-state index < -0.39 is 0 Å². The van der Waals surface area contributed by atoms with Crippen LogP contribution in [0.5, 0.6) is 0 Å². The summed E-state index contributed by atoms with van der Waals surface area (Å²) in [4.78, 5) is 28.5. The maximum Gasteiger partial charge on any atom is 0.219 e. The first-order valence-corrected chi connectivity index (χ1v) is 13.3.